The highest BCUT2D eigenvalue weighted by atomic mass is 16.7. The number of carbonyl (C=O) groups excluding carboxylic acids is 2. The van der Waals surface area contributed by atoms with Gasteiger partial charge in [-0.25, -0.2) is 0 Å². The van der Waals surface area contributed by atoms with Crippen LogP contribution in [0.5, 0.6) is 0 Å². The standard InChI is InChI=1S/C36H41NO7/c1-33-11-9-25(40)15-24(33)7-8-26-27-16-30-36(29(42)20-39,34(27,2)17-28(41)31(26)33)44-32(43-30)22-10-14-37(18-22)35(12-13-35)23-5-3-21(19-38)4-6-23/h3-6,9-11,14-15,18,26-28,30-32,38-39,41H,7-8,12-13,16-17,19-20H2,1-2H3/t26-,27-,28-,30+,31+,32+,33-,34-,36+/m0/s1. The molecule has 2 heterocycles. The minimum absolute atomic E-state index is 0.00263. The van der Waals surface area contributed by atoms with Crippen molar-refractivity contribution in [3.05, 3.63) is 83.2 Å². The second kappa shape index (κ2) is 9.56. The quantitative estimate of drug-likeness (QED) is 0.457. The van der Waals surface area contributed by atoms with E-state index in [9.17, 15) is 24.9 Å². The van der Waals surface area contributed by atoms with Crippen LogP contribution in [0.25, 0.3) is 0 Å². The topological polar surface area (TPSA) is 118 Å². The lowest BCUT2D eigenvalue weighted by Gasteiger charge is -2.59. The summed E-state index contributed by atoms with van der Waals surface area (Å²) in [5.74, 6) is -0.272. The van der Waals surface area contributed by atoms with Crippen LogP contribution in [-0.2, 0) is 31.2 Å². The van der Waals surface area contributed by atoms with Gasteiger partial charge in [-0.1, -0.05) is 49.8 Å². The molecule has 9 atom stereocenters. The number of aliphatic hydroxyl groups excluding tert-OH is 3. The molecule has 5 fully saturated rings. The number of hydrogen-bond acceptors (Lipinski definition) is 7. The van der Waals surface area contributed by atoms with Crippen molar-refractivity contribution < 1.29 is 34.4 Å². The number of aromatic nitrogens is 1. The summed E-state index contributed by atoms with van der Waals surface area (Å²) in [4.78, 5) is 26.0. The van der Waals surface area contributed by atoms with E-state index < -0.39 is 41.5 Å². The van der Waals surface area contributed by atoms with Gasteiger partial charge in [0.1, 0.15) is 6.61 Å². The first-order chi connectivity index (χ1) is 21.1. The number of nitrogens with zero attached hydrogens (tertiary/aromatic N) is 1. The number of Topliss-reactive ketones (excluding diaryl/α,β-unsaturated/α-hetero) is 1. The van der Waals surface area contributed by atoms with Crippen molar-refractivity contribution in [3.8, 4) is 0 Å². The van der Waals surface area contributed by atoms with Crippen LogP contribution in [0.2, 0.25) is 0 Å². The maximum Gasteiger partial charge on any atom is 0.193 e. The molecule has 44 heavy (non-hydrogen) atoms. The van der Waals surface area contributed by atoms with E-state index in [2.05, 4.69) is 30.5 Å². The third kappa shape index (κ3) is 3.63. The van der Waals surface area contributed by atoms with Crippen LogP contribution in [0.15, 0.2) is 66.5 Å². The highest BCUT2D eigenvalue weighted by Crippen LogP contribution is 2.70. The molecule has 0 radical (unpaired) electrons. The van der Waals surface area contributed by atoms with Gasteiger partial charge in [-0.05, 0) is 79.7 Å². The monoisotopic (exact) mass is 599 g/mol. The van der Waals surface area contributed by atoms with E-state index in [1.807, 2.05) is 36.7 Å². The third-order valence-electron chi connectivity index (χ3n) is 12.7. The zero-order valence-electron chi connectivity index (χ0n) is 25.3. The number of allylic oxidation sites excluding steroid dienone is 4. The van der Waals surface area contributed by atoms with Gasteiger partial charge in [0.2, 0.25) is 0 Å². The molecule has 0 spiro atoms. The molecule has 6 aliphatic rings. The average molecular weight is 600 g/mol. The molecule has 0 amide bonds. The summed E-state index contributed by atoms with van der Waals surface area (Å²) in [6.45, 7) is 3.56. The van der Waals surface area contributed by atoms with Crippen molar-refractivity contribution >= 4 is 11.6 Å². The molecule has 1 aromatic carbocycles. The van der Waals surface area contributed by atoms with E-state index in [4.69, 9.17) is 9.47 Å². The average Bonchev–Trinajstić information content (AvgIpc) is 3.38. The van der Waals surface area contributed by atoms with Crippen LogP contribution in [0.1, 0.15) is 75.4 Å². The van der Waals surface area contributed by atoms with E-state index in [1.165, 1.54) is 5.56 Å². The fraction of sp³-hybridized carbons (Fsp3) is 0.556. The van der Waals surface area contributed by atoms with Gasteiger partial charge < -0.3 is 29.4 Å². The number of fused-ring (bicyclic) bond motifs is 7. The Morgan fingerprint density at radius 2 is 1.89 bits per heavy atom. The summed E-state index contributed by atoms with van der Waals surface area (Å²) in [6, 6.07) is 10.1. The number of hydrogen-bond donors (Lipinski definition) is 3. The number of ketones is 2. The second-order valence-electron chi connectivity index (χ2n) is 14.6. The molecule has 8 heteroatoms. The van der Waals surface area contributed by atoms with Crippen LogP contribution in [-0.4, -0.2) is 55.9 Å². The number of benzene rings is 1. The van der Waals surface area contributed by atoms with Gasteiger partial charge >= 0.3 is 0 Å². The fourth-order valence-electron chi connectivity index (χ4n) is 10.4. The Morgan fingerprint density at radius 3 is 2.59 bits per heavy atom. The zero-order valence-corrected chi connectivity index (χ0v) is 25.3. The molecule has 5 aliphatic carbocycles. The molecule has 1 aliphatic heterocycles. The Labute approximate surface area is 257 Å². The van der Waals surface area contributed by atoms with Crippen molar-refractivity contribution in [2.45, 2.75) is 88.6 Å². The smallest absolute Gasteiger partial charge is 0.193 e. The van der Waals surface area contributed by atoms with Crippen molar-refractivity contribution in [3.63, 3.8) is 0 Å². The Kier molecular flexibility index (Phi) is 6.21. The SMILES string of the molecule is C[C@]12C=CC(=O)C=C1CC[C@@H]1[C@@H]2[C@@H](O)C[C@@]2(C)[C@H]1C[C@H]1O[C@@H](c3ccn(C4(c5ccc(CO)cc5)CC4)c3)O[C@]12C(=O)CO. The Bertz CT molecular complexity index is 1590. The fourth-order valence-corrected chi connectivity index (χ4v) is 10.4. The molecule has 0 bridgehead atoms. The summed E-state index contributed by atoms with van der Waals surface area (Å²) >= 11 is 0. The molecule has 8 nitrogen and oxygen atoms in total. The van der Waals surface area contributed by atoms with Crippen LogP contribution in [0, 0.1) is 28.6 Å². The van der Waals surface area contributed by atoms with Gasteiger partial charge in [0.05, 0.1) is 24.4 Å². The predicted octanol–water partition coefficient (Wildman–Crippen LogP) is 4.12. The van der Waals surface area contributed by atoms with Gasteiger partial charge in [-0.15, -0.1) is 0 Å². The van der Waals surface area contributed by atoms with E-state index in [1.54, 1.807) is 12.2 Å². The number of aliphatic hydroxyl groups is 3. The molecule has 2 aromatic rings. The third-order valence-corrected chi connectivity index (χ3v) is 12.7. The molecular formula is C36H41NO7. The molecule has 4 saturated carbocycles. The maximum absolute atomic E-state index is 13.8. The summed E-state index contributed by atoms with van der Waals surface area (Å²) in [7, 11) is 0. The molecule has 1 saturated heterocycles. The van der Waals surface area contributed by atoms with Crippen molar-refractivity contribution in [2.24, 2.45) is 28.6 Å². The second-order valence-corrected chi connectivity index (χ2v) is 14.6. The molecule has 8 rings (SSSR count). The van der Waals surface area contributed by atoms with Gasteiger partial charge in [-0.2, -0.15) is 0 Å². The molecule has 0 unspecified atom stereocenters. The van der Waals surface area contributed by atoms with Crippen LogP contribution in [0.3, 0.4) is 0 Å². The van der Waals surface area contributed by atoms with Gasteiger partial charge in [0.25, 0.3) is 0 Å². The summed E-state index contributed by atoms with van der Waals surface area (Å²) in [5, 5.41) is 31.6. The highest BCUT2D eigenvalue weighted by Gasteiger charge is 2.76. The lowest BCUT2D eigenvalue weighted by atomic mass is 9.46. The van der Waals surface area contributed by atoms with Crippen molar-refractivity contribution in [1.29, 1.82) is 0 Å². The first kappa shape index (κ1) is 28.6. The first-order valence-electron chi connectivity index (χ1n) is 16.1. The lowest BCUT2D eigenvalue weighted by Crippen LogP contribution is -2.63. The van der Waals surface area contributed by atoms with E-state index in [0.717, 1.165) is 42.4 Å². The van der Waals surface area contributed by atoms with Gasteiger partial charge in [-0.3, -0.25) is 9.59 Å². The minimum Gasteiger partial charge on any atom is -0.393 e. The first-order valence-corrected chi connectivity index (χ1v) is 16.1. The Morgan fingerprint density at radius 1 is 1.11 bits per heavy atom. The minimum atomic E-state index is -1.36. The van der Waals surface area contributed by atoms with E-state index >= 15 is 0 Å². The highest BCUT2D eigenvalue weighted by molar-refractivity contribution is 6.01. The summed E-state index contributed by atoms with van der Waals surface area (Å²) in [6.07, 6.45) is 12.0. The van der Waals surface area contributed by atoms with Crippen LogP contribution in [0.4, 0.5) is 0 Å². The number of carbonyl (C=O) groups is 2. The molecule has 3 N–H and O–H groups in total. The number of rotatable bonds is 6. The largest absolute Gasteiger partial charge is 0.393 e. The van der Waals surface area contributed by atoms with E-state index in [-0.39, 0.29) is 41.5 Å². The zero-order chi connectivity index (χ0) is 30.6. The molecule has 1 aromatic heterocycles. The predicted molar refractivity (Wildman–Crippen MR) is 160 cm³/mol. The molecule has 232 valence electrons. The van der Waals surface area contributed by atoms with Crippen molar-refractivity contribution in [1.82, 2.24) is 4.57 Å². The Balaban J connectivity index is 1.10. The lowest BCUT2D eigenvalue weighted by molar-refractivity contribution is -0.201. The molecular weight excluding hydrogens is 558 g/mol. The van der Waals surface area contributed by atoms with Crippen LogP contribution < -0.4 is 0 Å². The summed E-state index contributed by atoms with van der Waals surface area (Å²) < 4.78 is 15.6. The van der Waals surface area contributed by atoms with Crippen molar-refractivity contribution in [2.75, 3.05) is 6.61 Å². The van der Waals surface area contributed by atoms with Gasteiger partial charge in [0, 0.05) is 34.7 Å². The van der Waals surface area contributed by atoms with Gasteiger partial charge in [0.15, 0.2) is 23.5 Å². The summed E-state index contributed by atoms with van der Waals surface area (Å²) in [5.41, 5.74) is 1.33. The normalized spacial score (nSPS) is 41.4. The van der Waals surface area contributed by atoms with Crippen LogP contribution >= 0.6 is 0 Å². The maximum atomic E-state index is 13.8. The Hall–Kier alpha value is -2.88. The number of ether oxygens (including phenoxy) is 2. The van der Waals surface area contributed by atoms with E-state index in [0.29, 0.717) is 12.8 Å².